The summed E-state index contributed by atoms with van der Waals surface area (Å²) in [5, 5.41) is 10.9. The Morgan fingerprint density at radius 1 is 1.19 bits per heavy atom. The highest BCUT2D eigenvalue weighted by molar-refractivity contribution is 6.30. The number of nitrogens with zero attached hydrogens (tertiary/aromatic N) is 3. The lowest BCUT2D eigenvalue weighted by Gasteiger charge is -2.09. The van der Waals surface area contributed by atoms with Gasteiger partial charge in [-0.15, -0.1) is 0 Å². The third-order valence-electron chi connectivity index (χ3n) is 3.64. The van der Waals surface area contributed by atoms with Crippen molar-refractivity contribution in [1.29, 1.82) is 0 Å². The summed E-state index contributed by atoms with van der Waals surface area (Å²) < 4.78 is 18.2. The third kappa shape index (κ3) is 5.52. The Bertz CT molecular complexity index is 910. The van der Waals surface area contributed by atoms with Crippen molar-refractivity contribution in [3.8, 4) is 11.4 Å². The maximum Gasteiger partial charge on any atom is 0.246 e. The van der Waals surface area contributed by atoms with Crippen molar-refractivity contribution >= 4 is 17.6 Å². The first-order valence-corrected chi connectivity index (χ1v) is 8.87. The Morgan fingerprint density at radius 3 is 2.74 bits per heavy atom. The molecule has 0 aliphatic carbocycles. The van der Waals surface area contributed by atoms with Gasteiger partial charge in [0.15, 0.2) is 5.96 Å². The molecule has 0 amide bonds. The fourth-order valence-corrected chi connectivity index (χ4v) is 2.52. The maximum atomic E-state index is 13.0. The predicted octanol–water partition coefficient (Wildman–Crippen LogP) is 3.78. The van der Waals surface area contributed by atoms with Crippen LogP contribution in [0.2, 0.25) is 5.02 Å². The second kappa shape index (κ2) is 9.14. The number of aromatic nitrogens is 2. The number of aliphatic imine (C=N–C) groups is 1. The summed E-state index contributed by atoms with van der Waals surface area (Å²) in [6.45, 7) is 3.42. The number of nitrogens with one attached hydrogen (secondary N) is 2. The minimum absolute atomic E-state index is 0.264. The predicted molar refractivity (Wildman–Crippen MR) is 103 cm³/mol. The summed E-state index contributed by atoms with van der Waals surface area (Å²) in [5.41, 5.74) is 1.70. The van der Waals surface area contributed by atoms with Crippen LogP contribution in [0.25, 0.3) is 11.4 Å². The van der Waals surface area contributed by atoms with Crippen molar-refractivity contribution in [1.82, 2.24) is 20.8 Å². The number of halogens is 2. The molecule has 0 atom stereocenters. The van der Waals surface area contributed by atoms with Crippen LogP contribution in [0.4, 0.5) is 4.39 Å². The van der Waals surface area contributed by atoms with Crippen molar-refractivity contribution in [2.75, 3.05) is 6.54 Å². The van der Waals surface area contributed by atoms with Gasteiger partial charge in [0.05, 0.1) is 13.1 Å². The Hall–Kier alpha value is -2.93. The van der Waals surface area contributed by atoms with Gasteiger partial charge in [-0.1, -0.05) is 41.0 Å². The summed E-state index contributed by atoms with van der Waals surface area (Å²) in [5.74, 6) is 1.24. The van der Waals surface area contributed by atoms with Gasteiger partial charge in [-0.2, -0.15) is 4.98 Å². The van der Waals surface area contributed by atoms with Gasteiger partial charge in [0, 0.05) is 17.1 Å². The fraction of sp³-hybridized carbons (Fsp3) is 0.211. The van der Waals surface area contributed by atoms with Crippen LogP contribution in [-0.2, 0) is 13.1 Å². The Kier molecular flexibility index (Phi) is 6.38. The highest BCUT2D eigenvalue weighted by atomic mass is 35.5. The van der Waals surface area contributed by atoms with Crippen molar-refractivity contribution in [2.24, 2.45) is 4.99 Å². The van der Waals surface area contributed by atoms with Gasteiger partial charge < -0.3 is 15.2 Å². The van der Waals surface area contributed by atoms with Crippen LogP contribution in [0, 0.1) is 5.82 Å². The summed E-state index contributed by atoms with van der Waals surface area (Å²) in [6.07, 6.45) is 0. The van der Waals surface area contributed by atoms with E-state index >= 15 is 0 Å². The smallest absolute Gasteiger partial charge is 0.246 e. The molecule has 140 valence electrons. The molecule has 27 heavy (non-hydrogen) atoms. The van der Waals surface area contributed by atoms with Crippen molar-refractivity contribution in [3.05, 3.63) is 70.8 Å². The minimum atomic E-state index is -0.264. The number of benzene rings is 2. The molecular weight excluding hydrogens is 369 g/mol. The van der Waals surface area contributed by atoms with E-state index in [1.807, 2.05) is 19.1 Å². The van der Waals surface area contributed by atoms with Crippen LogP contribution in [0.3, 0.4) is 0 Å². The lowest BCUT2D eigenvalue weighted by Crippen LogP contribution is -2.36. The Balaban J connectivity index is 1.62. The number of hydrogen-bond donors (Lipinski definition) is 2. The monoisotopic (exact) mass is 387 g/mol. The van der Waals surface area contributed by atoms with Gasteiger partial charge in [0.1, 0.15) is 5.82 Å². The molecule has 2 aromatic carbocycles. The molecule has 8 heteroatoms. The van der Waals surface area contributed by atoms with E-state index in [0.717, 1.165) is 11.1 Å². The molecule has 2 N–H and O–H groups in total. The van der Waals surface area contributed by atoms with Crippen molar-refractivity contribution in [2.45, 2.75) is 20.0 Å². The van der Waals surface area contributed by atoms with E-state index in [1.54, 1.807) is 24.3 Å². The molecule has 0 aliphatic heterocycles. The van der Waals surface area contributed by atoms with E-state index in [0.29, 0.717) is 42.3 Å². The zero-order valence-electron chi connectivity index (χ0n) is 14.7. The maximum absolute atomic E-state index is 13.0. The largest absolute Gasteiger partial charge is 0.357 e. The molecule has 1 heterocycles. The van der Waals surface area contributed by atoms with E-state index in [2.05, 4.69) is 25.8 Å². The number of hydrogen-bond acceptors (Lipinski definition) is 4. The molecule has 0 fully saturated rings. The van der Waals surface area contributed by atoms with E-state index < -0.39 is 0 Å². The standard InChI is InChI=1S/C19H19ClFN5O/c1-2-22-19(23-11-13-6-8-16(21)9-7-13)24-12-17-25-18(26-27-17)14-4-3-5-15(20)10-14/h3-10H,2,11-12H2,1H3,(H2,22,23,24). The van der Waals surface area contributed by atoms with Gasteiger partial charge in [-0.05, 0) is 36.8 Å². The normalized spacial score (nSPS) is 11.4. The van der Waals surface area contributed by atoms with E-state index in [4.69, 9.17) is 16.1 Å². The Morgan fingerprint density at radius 2 is 2.00 bits per heavy atom. The third-order valence-corrected chi connectivity index (χ3v) is 3.87. The second-order valence-corrected chi connectivity index (χ2v) is 6.13. The second-order valence-electron chi connectivity index (χ2n) is 5.70. The SMILES string of the molecule is CCNC(=NCc1ccc(F)cc1)NCc1nc(-c2cccc(Cl)c2)no1. The minimum Gasteiger partial charge on any atom is -0.357 e. The average molecular weight is 388 g/mol. The van der Waals surface area contributed by atoms with Crippen LogP contribution < -0.4 is 10.6 Å². The zero-order chi connectivity index (χ0) is 19.1. The molecular formula is C19H19ClFN5O. The van der Waals surface area contributed by atoms with Gasteiger partial charge in [0.2, 0.25) is 11.7 Å². The fourth-order valence-electron chi connectivity index (χ4n) is 2.33. The van der Waals surface area contributed by atoms with Crippen LogP contribution in [0.5, 0.6) is 0 Å². The zero-order valence-corrected chi connectivity index (χ0v) is 15.5. The first-order chi connectivity index (χ1) is 13.1. The Labute approximate surface area is 161 Å². The molecule has 1 aromatic heterocycles. The van der Waals surface area contributed by atoms with Gasteiger partial charge in [0.25, 0.3) is 0 Å². The topological polar surface area (TPSA) is 75.3 Å². The molecule has 0 radical (unpaired) electrons. The number of guanidine groups is 1. The van der Waals surface area contributed by atoms with Gasteiger partial charge in [-0.25, -0.2) is 9.38 Å². The molecule has 3 aromatic rings. The molecule has 0 bridgehead atoms. The van der Waals surface area contributed by atoms with E-state index in [-0.39, 0.29) is 5.82 Å². The van der Waals surface area contributed by atoms with Crippen molar-refractivity contribution < 1.29 is 8.91 Å². The lowest BCUT2D eigenvalue weighted by molar-refractivity contribution is 0.375. The first kappa shape index (κ1) is 18.8. The van der Waals surface area contributed by atoms with Crippen LogP contribution in [-0.4, -0.2) is 22.6 Å². The summed E-state index contributed by atoms with van der Waals surface area (Å²) >= 11 is 5.99. The van der Waals surface area contributed by atoms with E-state index in [9.17, 15) is 4.39 Å². The van der Waals surface area contributed by atoms with E-state index in [1.165, 1.54) is 12.1 Å². The average Bonchev–Trinajstić information content (AvgIpc) is 3.14. The van der Waals surface area contributed by atoms with Crippen LogP contribution in [0.15, 0.2) is 58.0 Å². The molecule has 0 unspecified atom stereocenters. The summed E-state index contributed by atoms with van der Waals surface area (Å²) in [7, 11) is 0. The van der Waals surface area contributed by atoms with Crippen LogP contribution in [0.1, 0.15) is 18.4 Å². The molecule has 0 spiro atoms. The molecule has 3 rings (SSSR count). The highest BCUT2D eigenvalue weighted by Gasteiger charge is 2.09. The quantitative estimate of drug-likeness (QED) is 0.497. The molecule has 0 aliphatic rings. The van der Waals surface area contributed by atoms with Crippen LogP contribution >= 0.6 is 11.6 Å². The first-order valence-electron chi connectivity index (χ1n) is 8.49. The molecule has 6 nitrogen and oxygen atoms in total. The highest BCUT2D eigenvalue weighted by Crippen LogP contribution is 2.19. The molecule has 0 saturated carbocycles. The van der Waals surface area contributed by atoms with Gasteiger partial charge >= 0.3 is 0 Å². The summed E-state index contributed by atoms with van der Waals surface area (Å²) in [6, 6.07) is 13.5. The summed E-state index contributed by atoms with van der Waals surface area (Å²) in [4.78, 5) is 8.83. The molecule has 0 saturated heterocycles. The van der Waals surface area contributed by atoms with Crippen molar-refractivity contribution in [3.63, 3.8) is 0 Å². The van der Waals surface area contributed by atoms with Gasteiger partial charge in [-0.3, -0.25) is 0 Å². The lowest BCUT2D eigenvalue weighted by atomic mass is 10.2. The number of rotatable bonds is 6.